The van der Waals surface area contributed by atoms with E-state index >= 15 is 0 Å². The van der Waals surface area contributed by atoms with E-state index in [9.17, 15) is 8.42 Å². The highest BCUT2D eigenvalue weighted by Crippen LogP contribution is 2.10. The predicted octanol–water partition coefficient (Wildman–Crippen LogP) is 2.32. The van der Waals surface area contributed by atoms with Gasteiger partial charge in [0, 0.05) is 9.43 Å². The molecule has 1 aromatic rings. The van der Waals surface area contributed by atoms with Crippen molar-refractivity contribution in [2.75, 3.05) is 0 Å². The summed E-state index contributed by atoms with van der Waals surface area (Å²) in [5, 5.41) is 0. The van der Waals surface area contributed by atoms with Crippen LogP contribution in [0, 0.1) is 0 Å². The Hall–Kier alpha value is -1.52. The maximum absolute atomic E-state index is 11.0. The van der Waals surface area contributed by atoms with Gasteiger partial charge in [-0.2, -0.15) is 0 Å². The van der Waals surface area contributed by atoms with Gasteiger partial charge in [0.1, 0.15) is 0 Å². The summed E-state index contributed by atoms with van der Waals surface area (Å²) in [4.78, 5) is 2.22. The lowest BCUT2D eigenvalue weighted by molar-refractivity contribution is 0.597. The second kappa shape index (κ2) is 4.49. The van der Waals surface area contributed by atoms with Crippen molar-refractivity contribution < 1.29 is 8.42 Å². The van der Waals surface area contributed by atoms with Gasteiger partial charge in [-0.05, 0) is 17.7 Å². The van der Waals surface area contributed by atoms with Crippen molar-refractivity contribution in [3.63, 3.8) is 0 Å². The lowest BCUT2D eigenvalue weighted by Crippen LogP contribution is -1.93. The molecule has 0 amide bonds. The minimum atomic E-state index is -3.80. The first-order chi connectivity index (χ1) is 5.67. The molecule has 0 spiro atoms. The molecule has 0 bridgehead atoms. The third kappa shape index (κ3) is 2.77. The van der Waals surface area contributed by atoms with E-state index in [1.807, 2.05) is 0 Å². The number of sulfonamides is 1. The number of nitrogens with zero attached hydrogens (tertiary/aromatic N) is 3. The summed E-state index contributed by atoms with van der Waals surface area (Å²) in [5.41, 5.74) is 7.94. The Morgan fingerprint density at radius 3 is 2.23 bits per heavy atom. The quantitative estimate of drug-likeness (QED) is 0.416. The lowest BCUT2D eigenvalue weighted by atomic mass is 10.4. The van der Waals surface area contributed by atoms with Gasteiger partial charge in [-0.15, -0.1) is 0 Å². The van der Waals surface area contributed by atoms with Crippen LogP contribution in [0.25, 0.3) is 10.4 Å². The maximum atomic E-state index is 11.0. The zero-order valence-electron chi connectivity index (χ0n) is 5.95. The lowest BCUT2D eigenvalue weighted by Gasteiger charge is -1.93. The molecule has 0 saturated carbocycles. The summed E-state index contributed by atoms with van der Waals surface area (Å²) in [6, 6.07) is 7.52. The Morgan fingerprint density at radius 2 is 1.77 bits per heavy atom. The summed E-state index contributed by atoms with van der Waals surface area (Å²) in [6.07, 6.45) is 0. The molecular formula is C7H9N3O2S. The first-order valence-corrected chi connectivity index (χ1v) is 4.47. The third-order valence-corrected chi connectivity index (χ3v) is 2.34. The molecule has 0 fully saturated rings. The monoisotopic (exact) mass is 199 g/mol. The Labute approximate surface area is 76.7 Å². The maximum Gasteiger partial charge on any atom is 0.264 e. The average molecular weight is 199 g/mol. The minimum absolute atomic E-state index is 0. The molecule has 1 aromatic carbocycles. The molecule has 0 N–H and O–H groups in total. The Kier molecular flexibility index (Phi) is 3.97. The summed E-state index contributed by atoms with van der Waals surface area (Å²) in [5.74, 6) is 0. The summed E-state index contributed by atoms with van der Waals surface area (Å²) < 4.78 is 24.7. The van der Waals surface area contributed by atoms with Crippen molar-refractivity contribution in [2.45, 2.75) is 12.3 Å². The Morgan fingerprint density at radius 1 is 1.23 bits per heavy atom. The van der Waals surface area contributed by atoms with Gasteiger partial charge in [0.05, 0.1) is 4.90 Å². The fraction of sp³-hybridized carbons (Fsp3) is 0.143. The van der Waals surface area contributed by atoms with Crippen molar-refractivity contribution in [1.82, 2.24) is 0 Å². The highest BCUT2D eigenvalue weighted by atomic mass is 32.2. The van der Waals surface area contributed by atoms with Gasteiger partial charge in [-0.25, -0.2) is 8.42 Å². The molecule has 0 atom stereocenters. The predicted molar refractivity (Wildman–Crippen MR) is 49.5 cm³/mol. The highest BCUT2D eigenvalue weighted by molar-refractivity contribution is 7.90. The van der Waals surface area contributed by atoms with Crippen LogP contribution in [0.4, 0.5) is 0 Å². The minimum Gasteiger partial charge on any atom is -0.216 e. The van der Waals surface area contributed by atoms with Crippen LogP contribution >= 0.6 is 0 Å². The summed E-state index contributed by atoms with van der Waals surface area (Å²) >= 11 is 0. The first-order valence-electron chi connectivity index (χ1n) is 3.03. The fourth-order valence-electron chi connectivity index (χ4n) is 0.688. The van der Waals surface area contributed by atoms with E-state index < -0.39 is 10.0 Å². The van der Waals surface area contributed by atoms with E-state index in [0.29, 0.717) is 0 Å². The molecule has 0 radical (unpaired) electrons. The van der Waals surface area contributed by atoms with E-state index in [1.165, 1.54) is 12.1 Å². The van der Waals surface area contributed by atoms with Gasteiger partial charge in [-0.3, -0.25) is 0 Å². The van der Waals surface area contributed by atoms with Gasteiger partial charge < -0.3 is 0 Å². The number of hydrogen-bond acceptors (Lipinski definition) is 2. The molecule has 0 aliphatic carbocycles. The molecule has 6 heteroatoms. The van der Waals surface area contributed by atoms with E-state index in [1.54, 1.807) is 18.2 Å². The van der Waals surface area contributed by atoms with Gasteiger partial charge in [0.15, 0.2) is 0 Å². The largest absolute Gasteiger partial charge is 0.264 e. The third-order valence-electron chi connectivity index (χ3n) is 1.19. The normalized spacial score (nSPS) is 9.54. The van der Waals surface area contributed by atoms with Crippen molar-refractivity contribution in [3.05, 3.63) is 40.8 Å². The molecule has 0 saturated heterocycles. The van der Waals surface area contributed by atoms with Crippen molar-refractivity contribution in [1.29, 1.82) is 0 Å². The van der Waals surface area contributed by atoms with Crippen LogP contribution in [-0.2, 0) is 10.0 Å². The number of azide groups is 1. The molecule has 13 heavy (non-hydrogen) atoms. The molecule has 0 unspecified atom stereocenters. The molecule has 0 aliphatic rings. The van der Waals surface area contributed by atoms with E-state index in [2.05, 4.69) is 9.43 Å². The van der Waals surface area contributed by atoms with Crippen LogP contribution in [-0.4, -0.2) is 8.42 Å². The molecule has 0 aromatic heterocycles. The van der Waals surface area contributed by atoms with Crippen LogP contribution in [0.1, 0.15) is 7.43 Å². The zero-order chi connectivity index (χ0) is 9.03. The average Bonchev–Trinajstić information content (AvgIpc) is 2.06. The molecule has 0 aliphatic heterocycles. The van der Waals surface area contributed by atoms with E-state index in [-0.39, 0.29) is 12.3 Å². The van der Waals surface area contributed by atoms with Crippen LogP contribution in [0.2, 0.25) is 0 Å². The smallest absolute Gasteiger partial charge is 0.216 e. The zero-order valence-corrected chi connectivity index (χ0v) is 6.77. The fourth-order valence-corrected chi connectivity index (χ4v) is 1.38. The van der Waals surface area contributed by atoms with E-state index in [4.69, 9.17) is 5.53 Å². The second-order valence-corrected chi connectivity index (χ2v) is 3.54. The molecule has 5 nitrogen and oxygen atoms in total. The van der Waals surface area contributed by atoms with Gasteiger partial charge in [0.25, 0.3) is 10.0 Å². The number of rotatable bonds is 2. The highest BCUT2D eigenvalue weighted by Gasteiger charge is 2.09. The molecule has 1 rings (SSSR count). The van der Waals surface area contributed by atoms with Crippen LogP contribution in [0.3, 0.4) is 0 Å². The van der Waals surface area contributed by atoms with Crippen LogP contribution < -0.4 is 0 Å². The van der Waals surface area contributed by atoms with Crippen molar-refractivity contribution in [2.24, 2.45) is 4.52 Å². The van der Waals surface area contributed by atoms with Crippen molar-refractivity contribution >= 4 is 10.0 Å². The van der Waals surface area contributed by atoms with Gasteiger partial charge in [0.2, 0.25) is 0 Å². The van der Waals surface area contributed by atoms with Crippen LogP contribution in [0.15, 0.2) is 39.7 Å². The first kappa shape index (κ1) is 11.5. The van der Waals surface area contributed by atoms with Crippen molar-refractivity contribution in [3.8, 4) is 0 Å². The topological polar surface area (TPSA) is 82.9 Å². The standard InChI is InChI=1S/C6H5N3O2S.CH4/c7-8-9-12(10,11)6-4-2-1-3-5-6;/h1-5H;1H4. The van der Waals surface area contributed by atoms with Gasteiger partial charge in [-0.1, -0.05) is 25.6 Å². The molecule has 70 valence electrons. The molecule has 0 heterocycles. The Balaban J connectivity index is 0.00000144. The summed E-state index contributed by atoms with van der Waals surface area (Å²) in [6.45, 7) is 0. The number of hydrogen-bond donors (Lipinski definition) is 0. The van der Waals surface area contributed by atoms with Crippen LogP contribution in [0.5, 0.6) is 0 Å². The second-order valence-electron chi connectivity index (χ2n) is 1.96. The summed E-state index contributed by atoms with van der Waals surface area (Å²) in [7, 11) is -3.80. The van der Waals surface area contributed by atoms with E-state index in [0.717, 1.165) is 0 Å². The SMILES string of the molecule is C.[N-]=[N+]=NS(=O)(=O)c1ccccc1. The number of benzene rings is 1. The Bertz CT molecular complexity index is 407. The van der Waals surface area contributed by atoms with Gasteiger partial charge >= 0.3 is 0 Å². The molecular weight excluding hydrogens is 190 g/mol.